The molecule has 1 aromatic carbocycles. The first-order valence-electron chi connectivity index (χ1n) is 7.25. The molecule has 1 aliphatic heterocycles. The molecule has 3 rings (SSSR count). The molecule has 0 unspecified atom stereocenters. The third kappa shape index (κ3) is 3.07. The minimum Gasteiger partial charge on any atom is -0.497 e. The Morgan fingerprint density at radius 3 is 2.81 bits per heavy atom. The second kappa shape index (κ2) is 5.99. The molecule has 0 amide bonds. The molecule has 110 valence electrons. The zero-order valence-electron chi connectivity index (χ0n) is 12.1. The first-order valence-corrected chi connectivity index (χ1v) is 7.25. The topological polar surface area (TPSA) is 67.0 Å². The molecule has 5 nitrogen and oxygen atoms in total. The lowest BCUT2D eigenvalue weighted by atomic mass is 10.0. The number of rotatable bonds is 3. The van der Waals surface area contributed by atoms with Crippen molar-refractivity contribution in [2.45, 2.75) is 25.7 Å². The van der Waals surface area contributed by atoms with Crippen LogP contribution < -0.4 is 15.7 Å². The summed E-state index contributed by atoms with van der Waals surface area (Å²) in [4.78, 5) is 18.7. The molecular weight excluding hydrogens is 266 g/mol. The van der Waals surface area contributed by atoms with Gasteiger partial charge in [0.2, 0.25) is 0 Å². The van der Waals surface area contributed by atoms with Crippen molar-refractivity contribution in [1.29, 1.82) is 0 Å². The van der Waals surface area contributed by atoms with Gasteiger partial charge >= 0.3 is 5.69 Å². The lowest BCUT2D eigenvalue weighted by Crippen LogP contribution is -2.18. The Morgan fingerprint density at radius 1 is 1.24 bits per heavy atom. The molecule has 2 aromatic rings. The highest BCUT2D eigenvalue weighted by Gasteiger charge is 2.15. The summed E-state index contributed by atoms with van der Waals surface area (Å²) in [6, 6.07) is 7.92. The fraction of sp³-hybridized carbons (Fsp3) is 0.375. The third-order valence-electron chi connectivity index (χ3n) is 3.81. The van der Waals surface area contributed by atoms with Crippen molar-refractivity contribution in [3.05, 3.63) is 51.6 Å². The van der Waals surface area contributed by atoms with Gasteiger partial charge in [0.15, 0.2) is 0 Å². The second-order valence-corrected chi connectivity index (χ2v) is 5.26. The number of hydrogen-bond acceptors (Lipinski definition) is 4. The predicted molar refractivity (Wildman–Crippen MR) is 82.1 cm³/mol. The highest BCUT2D eigenvalue weighted by atomic mass is 16.5. The lowest BCUT2D eigenvalue weighted by Gasteiger charge is -2.11. The van der Waals surface area contributed by atoms with Crippen molar-refractivity contribution < 1.29 is 4.74 Å². The zero-order chi connectivity index (χ0) is 14.7. The van der Waals surface area contributed by atoms with Crippen LogP contribution in [0.4, 0.5) is 5.82 Å². The van der Waals surface area contributed by atoms with Crippen LogP contribution in [0.3, 0.4) is 0 Å². The summed E-state index contributed by atoms with van der Waals surface area (Å²) in [7, 11) is 1.65. The molecule has 0 atom stereocenters. The van der Waals surface area contributed by atoms with Gasteiger partial charge in [0.25, 0.3) is 0 Å². The molecule has 0 bridgehead atoms. The fourth-order valence-corrected chi connectivity index (χ4v) is 2.69. The monoisotopic (exact) mass is 285 g/mol. The molecule has 0 spiro atoms. The summed E-state index contributed by atoms with van der Waals surface area (Å²) in [6.45, 7) is 0.880. The molecule has 0 radical (unpaired) electrons. The number of H-pyrrole nitrogens is 1. The third-order valence-corrected chi connectivity index (χ3v) is 3.81. The summed E-state index contributed by atoms with van der Waals surface area (Å²) in [5.41, 5.74) is 2.96. The average Bonchev–Trinajstić information content (AvgIpc) is 2.73. The number of hydrogen-bond donors (Lipinski definition) is 2. The molecule has 21 heavy (non-hydrogen) atoms. The van der Waals surface area contributed by atoms with Crippen molar-refractivity contribution in [2.24, 2.45) is 0 Å². The van der Waals surface area contributed by atoms with Crippen LogP contribution in [0.15, 0.2) is 29.1 Å². The largest absolute Gasteiger partial charge is 0.497 e. The molecule has 1 aromatic heterocycles. The van der Waals surface area contributed by atoms with Gasteiger partial charge in [-0.3, -0.25) is 0 Å². The number of nitrogens with zero attached hydrogens (tertiary/aromatic N) is 1. The molecule has 5 heteroatoms. The van der Waals surface area contributed by atoms with E-state index in [4.69, 9.17) is 4.74 Å². The van der Waals surface area contributed by atoms with E-state index in [1.807, 2.05) is 24.3 Å². The van der Waals surface area contributed by atoms with Crippen molar-refractivity contribution in [3.63, 3.8) is 0 Å². The van der Waals surface area contributed by atoms with Crippen LogP contribution in [-0.4, -0.2) is 23.6 Å². The van der Waals surface area contributed by atoms with Gasteiger partial charge in [0.1, 0.15) is 11.6 Å². The maximum Gasteiger partial charge on any atom is 0.347 e. The number of anilines is 1. The number of nitrogens with one attached hydrogen (secondary N) is 2. The van der Waals surface area contributed by atoms with Crippen LogP contribution in [0.25, 0.3) is 0 Å². The van der Waals surface area contributed by atoms with Crippen molar-refractivity contribution in [2.75, 3.05) is 19.0 Å². The van der Waals surface area contributed by atoms with Crippen LogP contribution in [0, 0.1) is 0 Å². The summed E-state index contributed by atoms with van der Waals surface area (Å²) >= 11 is 0. The molecule has 0 aliphatic carbocycles. The highest BCUT2D eigenvalue weighted by molar-refractivity contribution is 5.48. The maximum atomic E-state index is 11.7. The van der Waals surface area contributed by atoms with E-state index in [9.17, 15) is 4.79 Å². The zero-order valence-corrected chi connectivity index (χ0v) is 12.1. The van der Waals surface area contributed by atoms with Crippen LogP contribution in [-0.2, 0) is 12.8 Å². The van der Waals surface area contributed by atoms with E-state index in [1.165, 1.54) is 0 Å². The van der Waals surface area contributed by atoms with Gasteiger partial charge in [0, 0.05) is 24.2 Å². The van der Waals surface area contributed by atoms with Gasteiger partial charge in [0.05, 0.1) is 7.11 Å². The number of benzene rings is 1. The van der Waals surface area contributed by atoms with Gasteiger partial charge in [-0.25, -0.2) is 4.79 Å². The molecular formula is C16H19N3O2. The number of aromatic nitrogens is 2. The van der Waals surface area contributed by atoms with Crippen molar-refractivity contribution >= 4 is 5.82 Å². The predicted octanol–water partition coefficient (Wildman–Crippen LogP) is 2.12. The second-order valence-electron chi connectivity index (χ2n) is 5.26. The van der Waals surface area contributed by atoms with E-state index in [2.05, 4.69) is 15.3 Å². The van der Waals surface area contributed by atoms with Gasteiger partial charge in [-0.2, -0.15) is 4.98 Å². The number of ether oxygens (including phenoxy) is 1. The molecule has 2 N–H and O–H groups in total. The Kier molecular flexibility index (Phi) is 3.90. The Balaban J connectivity index is 1.93. The van der Waals surface area contributed by atoms with E-state index in [0.29, 0.717) is 6.42 Å². The van der Waals surface area contributed by atoms with E-state index in [-0.39, 0.29) is 5.69 Å². The highest BCUT2D eigenvalue weighted by Crippen LogP contribution is 2.23. The number of fused-ring (bicyclic) bond motifs is 1. The SMILES string of the molecule is COc1ccc(Cc2[nH]c(=O)nc3c2CCCCN3)cc1. The smallest absolute Gasteiger partial charge is 0.347 e. The Bertz CT molecular complexity index is 677. The average molecular weight is 285 g/mol. The van der Waals surface area contributed by atoms with E-state index in [0.717, 1.165) is 54.2 Å². The molecule has 2 heterocycles. The normalized spacial score (nSPS) is 14.0. The summed E-state index contributed by atoms with van der Waals surface area (Å²) in [5, 5.41) is 3.26. The van der Waals surface area contributed by atoms with Crippen molar-refractivity contribution in [3.8, 4) is 5.75 Å². The van der Waals surface area contributed by atoms with Crippen LogP contribution in [0.2, 0.25) is 0 Å². The van der Waals surface area contributed by atoms with Gasteiger partial charge < -0.3 is 15.0 Å². The molecule has 1 aliphatic rings. The minimum atomic E-state index is -0.285. The van der Waals surface area contributed by atoms with Crippen LogP contribution in [0.1, 0.15) is 29.7 Å². The number of aromatic amines is 1. The fourth-order valence-electron chi connectivity index (χ4n) is 2.69. The minimum absolute atomic E-state index is 0.285. The van der Waals surface area contributed by atoms with Gasteiger partial charge in [-0.1, -0.05) is 12.1 Å². The molecule has 0 saturated carbocycles. The van der Waals surface area contributed by atoms with Gasteiger partial charge in [-0.15, -0.1) is 0 Å². The lowest BCUT2D eigenvalue weighted by molar-refractivity contribution is 0.414. The number of methoxy groups -OCH3 is 1. The summed E-state index contributed by atoms with van der Waals surface area (Å²) in [5.74, 6) is 1.59. The first kappa shape index (κ1) is 13.7. The summed E-state index contributed by atoms with van der Waals surface area (Å²) in [6.07, 6.45) is 3.87. The van der Waals surface area contributed by atoms with Crippen LogP contribution in [0.5, 0.6) is 5.75 Å². The first-order chi connectivity index (χ1) is 10.3. The van der Waals surface area contributed by atoms with Crippen LogP contribution >= 0.6 is 0 Å². The Labute approximate surface area is 123 Å². The van der Waals surface area contributed by atoms with E-state index >= 15 is 0 Å². The quantitative estimate of drug-likeness (QED) is 0.906. The van der Waals surface area contributed by atoms with Crippen molar-refractivity contribution in [1.82, 2.24) is 9.97 Å². The maximum absolute atomic E-state index is 11.7. The standard InChI is InChI=1S/C16H19N3O2/c1-21-12-7-5-11(6-8-12)10-14-13-4-2-3-9-17-15(13)19-16(20)18-14/h5-8H,2-4,9-10H2,1H3,(H2,17,18,19,20). The molecule has 0 fully saturated rings. The van der Waals surface area contributed by atoms with Gasteiger partial charge in [-0.05, 0) is 37.0 Å². The Morgan fingerprint density at radius 2 is 2.05 bits per heavy atom. The summed E-state index contributed by atoms with van der Waals surface area (Å²) < 4.78 is 5.17. The molecule has 0 saturated heterocycles. The van der Waals surface area contributed by atoms with E-state index in [1.54, 1.807) is 7.11 Å². The Hall–Kier alpha value is -2.30. The van der Waals surface area contributed by atoms with E-state index < -0.39 is 0 Å².